The minimum atomic E-state index is -2.87. The van der Waals surface area contributed by atoms with Gasteiger partial charge in [0.25, 0.3) is 0 Å². The Bertz CT molecular complexity index is 564. The second-order valence-electron chi connectivity index (χ2n) is 3.82. The lowest BCUT2D eigenvalue weighted by Gasteiger charge is -2.04. The van der Waals surface area contributed by atoms with Crippen LogP contribution in [0.15, 0.2) is 36.8 Å². The molecule has 0 unspecified atom stereocenters. The summed E-state index contributed by atoms with van der Waals surface area (Å²) in [6.45, 7) is -0.213. The van der Waals surface area contributed by atoms with Gasteiger partial charge in [-0.15, -0.1) is 0 Å². The standard InChI is InChI=1S/C13H12F2N2O2/c1-2-17-7-11(16-8-17)12(18)9-3-5-10(6-4-9)19-13(14)15/h3-8,13H,2H2,1H3. The van der Waals surface area contributed by atoms with E-state index in [9.17, 15) is 13.6 Å². The number of hydrogen-bond acceptors (Lipinski definition) is 3. The maximum atomic E-state index is 12.0. The SMILES string of the molecule is CCn1cnc(C(=O)c2ccc(OC(F)F)cc2)c1. The van der Waals surface area contributed by atoms with E-state index in [4.69, 9.17) is 0 Å². The number of ether oxygens (including phenoxy) is 1. The maximum absolute atomic E-state index is 12.0. The van der Waals surface area contributed by atoms with Gasteiger partial charge in [-0.3, -0.25) is 4.79 Å². The first-order chi connectivity index (χ1) is 9.10. The summed E-state index contributed by atoms with van der Waals surface area (Å²) in [5.74, 6) is -0.235. The van der Waals surface area contributed by atoms with Crippen LogP contribution in [0, 0.1) is 0 Å². The van der Waals surface area contributed by atoms with Crippen molar-refractivity contribution in [1.29, 1.82) is 0 Å². The van der Waals surface area contributed by atoms with Gasteiger partial charge in [0.2, 0.25) is 5.78 Å². The highest BCUT2D eigenvalue weighted by Crippen LogP contribution is 2.16. The van der Waals surface area contributed by atoms with E-state index >= 15 is 0 Å². The number of carbonyl (C=O) groups is 1. The van der Waals surface area contributed by atoms with E-state index < -0.39 is 6.61 Å². The third-order valence-corrected chi connectivity index (χ3v) is 2.57. The van der Waals surface area contributed by atoms with E-state index in [0.717, 1.165) is 6.54 Å². The number of nitrogens with zero attached hydrogens (tertiary/aromatic N) is 2. The number of aromatic nitrogens is 2. The number of benzene rings is 1. The Morgan fingerprint density at radius 2 is 2.05 bits per heavy atom. The molecule has 0 atom stereocenters. The maximum Gasteiger partial charge on any atom is 0.387 e. The Morgan fingerprint density at radius 3 is 2.58 bits per heavy atom. The molecule has 0 aliphatic heterocycles. The second kappa shape index (κ2) is 5.60. The zero-order chi connectivity index (χ0) is 13.8. The first kappa shape index (κ1) is 13.2. The van der Waals surface area contributed by atoms with Gasteiger partial charge in [-0.05, 0) is 31.2 Å². The summed E-state index contributed by atoms with van der Waals surface area (Å²) in [6, 6.07) is 5.53. The number of halogens is 2. The molecule has 2 aromatic rings. The Morgan fingerprint density at radius 1 is 1.37 bits per heavy atom. The molecule has 0 N–H and O–H groups in total. The fraction of sp³-hybridized carbons (Fsp3) is 0.231. The van der Waals surface area contributed by atoms with Crippen molar-refractivity contribution < 1.29 is 18.3 Å². The Balaban J connectivity index is 2.15. The van der Waals surface area contributed by atoms with Crippen molar-refractivity contribution in [1.82, 2.24) is 9.55 Å². The van der Waals surface area contributed by atoms with Crippen molar-refractivity contribution in [3.8, 4) is 5.75 Å². The molecule has 0 saturated carbocycles. The Labute approximate surface area is 108 Å². The van der Waals surface area contributed by atoms with Gasteiger partial charge in [0.05, 0.1) is 6.33 Å². The van der Waals surface area contributed by atoms with Gasteiger partial charge in [-0.2, -0.15) is 8.78 Å². The normalized spacial score (nSPS) is 10.7. The summed E-state index contributed by atoms with van der Waals surface area (Å²) in [5.41, 5.74) is 0.701. The molecule has 0 saturated heterocycles. The van der Waals surface area contributed by atoms with Crippen LogP contribution in [0.4, 0.5) is 8.78 Å². The molecule has 0 aliphatic carbocycles. The molecule has 0 radical (unpaired) electrons. The third kappa shape index (κ3) is 3.15. The molecule has 100 valence electrons. The minimum Gasteiger partial charge on any atom is -0.435 e. The molecule has 0 bridgehead atoms. The van der Waals surface area contributed by atoms with Gasteiger partial charge < -0.3 is 9.30 Å². The molecule has 0 spiro atoms. The van der Waals surface area contributed by atoms with E-state index in [1.807, 2.05) is 6.92 Å². The van der Waals surface area contributed by atoms with Crippen LogP contribution in [0.2, 0.25) is 0 Å². The van der Waals surface area contributed by atoms with Crippen molar-refractivity contribution in [3.63, 3.8) is 0 Å². The zero-order valence-electron chi connectivity index (χ0n) is 10.2. The third-order valence-electron chi connectivity index (χ3n) is 2.57. The Hall–Kier alpha value is -2.24. The molecule has 0 aliphatic rings. The monoisotopic (exact) mass is 266 g/mol. The van der Waals surface area contributed by atoms with Crippen LogP contribution in [0.5, 0.6) is 5.75 Å². The summed E-state index contributed by atoms with van der Waals surface area (Å²) in [5, 5.41) is 0. The average Bonchev–Trinajstić information content (AvgIpc) is 2.87. The van der Waals surface area contributed by atoms with E-state index in [1.54, 1.807) is 17.1 Å². The molecular formula is C13H12F2N2O2. The van der Waals surface area contributed by atoms with E-state index in [0.29, 0.717) is 11.3 Å². The first-order valence-corrected chi connectivity index (χ1v) is 5.71. The average molecular weight is 266 g/mol. The number of hydrogen-bond donors (Lipinski definition) is 0. The van der Waals surface area contributed by atoms with E-state index in [1.165, 1.54) is 24.3 Å². The first-order valence-electron chi connectivity index (χ1n) is 5.71. The fourth-order valence-corrected chi connectivity index (χ4v) is 1.59. The number of imidazole rings is 1. The zero-order valence-corrected chi connectivity index (χ0v) is 10.2. The highest BCUT2D eigenvalue weighted by Gasteiger charge is 2.12. The smallest absolute Gasteiger partial charge is 0.387 e. The van der Waals surface area contributed by atoms with Gasteiger partial charge in [-0.25, -0.2) is 4.98 Å². The number of alkyl halides is 2. The second-order valence-corrected chi connectivity index (χ2v) is 3.82. The lowest BCUT2D eigenvalue weighted by atomic mass is 10.1. The topological polar surface area (TPSA) is 44.1 Å². The number of rotatable bonds is 5. The van der Waals surface area contributed by atoms with Crippen LogP contribution >= 0.6 is 0 Å². The van der Waals surface area contributed by atoms with Crippen molar-refractivity contribution in [2.45, 2.75) is 20.1 Å². The molecule has 19 heavy (non-hydrogen) atoms. The molecule has 1 aromatic heterocycles. The largest absolute Gasteiger partial charge is 0.435 e. The van der Waals surface area contributed by atoms with E-state index in [-0.39, 0.29) is 11.5 Å². The van der Waals surface area contributed by atoms with Crippen LogP contribution in [0.25, 0.3) is 0 Å². The van der Waals surface area contributed by atoms with Crippen molar-refractivity contribution in [2.75, 3.05) is 0 Å². The van der Waals surface area contributed by atoms with Gasteiger partial charge in [-0.1, -0.05) is 0 Å². The highest BCUT2D eigenvalue weighted by atomic mass is 19.3. The van der Waals surface area contributed by atoms with Gasteiger partial charge in [0, 0.05) is 18.3 Å². The predicted molar refractivity (Wildman–Crippen MR) is 64.4 cm³/mol. The summed E-state index contributed by atoms with van der Waals surface area (Å²) in [4.78, 5) is 16.0. The van der Waals surface area contributed by atoms with Gasteiger partial charge in [0.15, 0.2) is 0 Å². The minimum absolute atomic E-state index is 0.0191. The molecule has 6 heteroatoms. The van der Waals surface area contributed by atoms with Crippen molar-refractivity contribution in [3.05, 3.63) is 48.0 Å². The van der Waals surface area contributed by atoms with Crippen molar-refractivity contribution in [2.24, 2.45) is 0 Å². The molecule has 1 heterocycles. The quantitative estimate of drug-likeness (QED) is 0.781. The number of aryl methyl sites for hydroxylation is 1. The lowest BCUT2D eigenvalue weighted by Crippen LogP contribution is -2.04. The molecular weight excluding hydrogens is 254 g/mol. The van der Waals surface area contributed by atoms with Crippen LogP contribution < -0.4 is 4.74 Å². The van der Waals surface area contributed by atoms with Crippen LogP contribution in [0.3, 0.4) is 0 Å². The Kier molecular flexibility index (Phi) is 3.89. The molecule has 0 amide bonds. The molecule has 2 rings (SSSR count). The van der Waals surface area contributed by atoms with Crippen molar-refractivity contribution >= 4 is 5.78 Å². The van der Waals surface area contributed by atoms with Crippen LogP contribution in [0.1, 0.15) is 23.0 Å². The number of carbonyl (C=O) groups excluding carboxylic acids is 1. The van der Waals surface area contributed by atoms with E-state index in [2.05, 4.69) is 9.72 Å². The van der Waals surface area contributed by atoms with Crippen LogP contribution in [-0.2, 0) is 6.54 Å². The molecule has 0 fully saturated rings. The van der Waals surface area contributed by atoms with Gasteiger partial charge >= 0.3 is 6.61 Å². The van der Waals surface area contributed by atoms with Crippen LogP contribution in [-0.4, -0.2) is 21.9 Å². The molecule has 4 nitrogen and oxygen atoms in total. The molecule has 1 aromatic carbocycles. The van der Waals surface area contributed by atoms with Gasteiger partial charge in [0.1, 0.15) is 11.4 Å². The lowest BCUT2D eigenvalue weighted by molar-refractivity contribution is -0.0498. The number of ketones is 1. The summed E-state index contributed by atoms with van der Waals surface area (Å²) >= 11 is 0. The predicted octanol–water partition coefficient (Wildman–Crippen LogP) is 2.74. The summed E-state index contributed by atoms with van der Waals surface area (Å²) in [7, 11) is 0. The highest BCUT2D eigenvalue weighted by molar-refractivity contribution is 6.07. The summed E-state index contributed by atoms with van der Waals surface area (Å²) < 4.78 is 30.0. The summed E-state index contributed by atoms with van der Waals surface area (Å²) in [6.07, 6.45) is 3.22. The fourth-order valence-electron chi connectivity index (χ4n) is 1.59.